The van der Waals surface area contributed by atoms with Crippen LogP contribution in [0.15, 0.2) is 51.4 Å². The van der Waals surface area contributed by atoms with Crippen molar-refractivity contribution in [2.24, 2.45) is 0 Å². The quantitative estimate of drug-likeness (QED) is 0.330. The Morgan fingerprint density at radius 2 is 1.93 bits per heavy atom. The van der Waals surface area contributed by atoms with Gasteiger partial charge in [-0.25, -0.2) is 4.79 Å². The summed E-state index contributed by atoms with van der Waals surface area (Å²) in [5.74, 6) is -0.753. The number of anilines is 1. The molecule has 3 rings (SSSR count). The third-order valence-corrected chi connectivity index (χ3v) is 4.28. The molecule has 1 aromatic heterocycles. The first-order valence-corrected chi connectivity index (χ1v) is 9.29. The van der Waals surface area contributed by atoms with Crippen molar-refractivity contribution in [2.75, 3.05) is 19.1 Å². The molecular weight excluding hydrogens is 430 g/mol. The molecule has 0 unspecified atom stereocenters. The van der Waals surface area contributed by atoms with Gasteiger partial charge >= 0.3 is 11.9 Å². The smallest absolute Gasteiger partial charge is 0.377 e. The first-order valence-electron chi connectivity index (χ1n) is 8.50. The van der Waals surface area contributed by atoms with Gasteiger partial charge in [-0.1, -0.05) is 34.1 Å². The number of benzene rings is 2. The van der Waals surface area contributed by atoms with E-state index in [2.05, 4.69) is 15.9 Å². The van der Waals surface area contributed by atoms with Gasteiger partial charge in [-0.2, -0.15) is 0 Å². The number of para-hydroxylation sites is 1. The Bertz CT molecular complexity index is 980. The lowest BCUT2D eigenvalue weighted by Crippen LogP contribution is -2.14. The monoisotopic (exact) mass is 447 g/mol. The predicted molar refractivity (Wildman–Crippen MR) is 106 cm³/mol. The molecule has 2 aromatic carbocycles. The first-order chi connectivity index (χ1) is 13.5. The van der Waals surface area contributed by atoms with Crippen LogP contribution in [0.5, 0.6) is 5.75 Å². The van der Waals surface area contributed by atoms with Crippen molar-refractivity contribution in [3.8, 4) is 5.75 Å². The molecule has 0 saturated heterocycles. The summed E-state index contributed by atoms with van der Waals surface area (Å²) in [6.07, 6.45) is -0.0235. The topological polar surface area (TPSA) is 101 Å². The number of nitrogen functional groups attached to an aromatic ring is 1. The number of hydrogen-bond donors (Lipinski definition) is 1. The number of carbonyl (C=O) groups excluding carboxylic acids is 2. The summed E-state index contributed by atoms with van der Waals surface area (Å²) in [6.45, 7) is 1.60. The molecule has 0 bridgehead atoms. The number of ether oxygens (including phenoxy) is 3. The number of carbonyl (C=O) groups is 2. The summed E-state index contributed by atoms with van der Waals surface area (Å²) in [6, 6.07) is 12.2. The molecule has 1 heterocycles. The fourth-order valence-corrected chi connectivity index (χ4v) is 3.17. The number of hydrogen-bond acceptors (Lipinski definition) is 7. The Balaban J connectivity index is 1.68. The van der Waals surface area contributed by atoms with Gasteiger partial charge in [0, 0.05) is 15.4 Å². The average molecular weight is 448 g/mol. The lowest BCUT2D eigenvalue weighted by molar-refractivity contribution is -0.142. The third-order valence-electron chi connectivity index (χ3n) is 3.82. The average Bonchev–Trinajstić information content (AvgIpc) is 3.08. The van der Waals surface area contributed by atoms with Crippen molar-refractivity contribution in [3.63, 3.8) is 0 Å². The lowest BCUT2D eigenvalue weighted by Gasteiger charge is -2.14. The van der Waals surface area contributed by atoms with Crippen molar-refractivity contribution >= 4 is 44.5 Å². The zero-order valence-corrected chi connectivity index (χ0v) is 16.7. The highest BCUT2D eigenvalue weighted by molar-refractivity contribution is 9.10. The molecule has 0 spiro atoms. The molecule has 0 amide bonds. The van der Waals surface area contributed by atoms with Crippen LogP contribution in [-0.2, 0) is 20.7 Å². The number of halogens is 1. The number of nitrogens with two attached hydrogens (primary N) is 1. The highest BCUT2D eigenvalue weighted by Gasteiger charge is 2.17. The van der Waals surface area contributed by atoms with Crippen LogP contribution in [0, 0.1) is 0 Å². The van der Waals surface area contributed by atoms with E-state index in [0.717, 1.165) is 5.39 Å². The molecule has 0 saturated carbocycles. The highest BCUT2D eigenvalue weighted by Crippen LogP contribution is 2.31. The van der Waals surface area contributed by atoms with E-state index in [4.69, 9.17) is 24.4 Å². The summed E-state index contributed by atoms with van der Waals surface area (Å²) in [5, 5.41) is 0.796. The van der Waals surface area contributed by atoms with Crippen LogP contribution < -0.4 is 10.5 Å². The van der Waals surface area contributed by atoms with Gasteiger partial charge in [-0.3, -0.25) is 4.79 Å². The number of rotatable bonds is 7. The van der Waals surface area contributed by atoms with E-state index >= 15 is 0 Å². The maximum absolute atomic E-state index is 12.2. The van der Waals surface area contributed by atoms with E-state index in [-0.39, 0.29) is 24.5 Å². The molecule has 0 aliphatic rings. The molecule has 0 aliphatic heterocycles. The second-order valence-electron chi connectivity index (χ2n) is 5.81. The maximum atomic E-state index is 12.2. The van der Waals surface area contributed by atoms with Crippen LogP contribution in [0.4, 0.5) is 5.69 Å². The number of furan rings is 1. The van der Waals surface area contributed by atoms with E-state index in [1.807, 2.05) is 18.2 Å². The Labute approximate surface area is 169 Å². The van der Waals surface area contributed by atoms with Crippen LogP contribution in [0.2, 0.25) is 0 Å². The van der Waals surface area contributed by atoms with E-state index in [1.54, 1.807) is 31.2 Å². The standard InChI is InChI=1S/C20H18BrNO6/c1-2-25-18(23)9-13-7-14(21)10-15(22)19(13)26-11-27-20(24)17-8-12-5-3-4-6-16(12)28-17/h3-8,10H,2,9,11,22H2,1H3. The van der Waals surface area contributed by atoms with Gasteiger partial charge in [-0.15, -0.1) is 0 Å². The van der Waals surface area contributed by atoms with Gasteiger partial charge in [0.05, 0.1) is 18.7 Å². The Morgan fingerprint density at radius 1 is 1.14 bits per heavy atom. The van der Waals surface area contributed by atoms with Gasteiger partial charge in [0.25, 0.3) is 0 Å². The van der Waals surface area contributed by atoms with Crippen LogP contribution in [0.25, 0.3) is 11.0 Å². The Hall–Kier alpha value is -3.00. The van der Waals surface area contributed by atoms with Crippen LogP contribution in [0.1, 0.15) is 23.0 Å². The second kappa shape index (κ2) is 8.79. The molecular formula is C20H18BrNO6. The number of fused-ring (bicyclic) bond motifs is 1. The van der Waals surface area contributed by atoms with Crippen LogP contribution >= 0.6 is 15.9 Å². The summed E-state index contributed by atoms with van der Waals surface area (Å²) in [4.78, 5) is 24.0. The van der Waals surface area contributed by atoms with Crippen LogP contribution in [-0.4, -0.2) is 25.3 Å². The van der Waals surface area contributed by atoms with Gasteiger partial charge in [0.15, 0.2) is 0 Å². The molecule has 3 aromatic rings. The Kier molecular flexibility index (Phi) is 6.20. The van der Waals surface area contributed by atoms with E-state index in [1.165, 1.54) is 0 Å². The molecule has 0 radical (unpaired) electrons. The van der Waals surface area contributed by atoms with Gasteiger partial charge < -0.3 is 24.4 Å². The van der Waals surface area contributed by atoms with Gasteiger partial charge in [0.1, 0.15) is 11.3 Å². The molecule has 0 atom stereocenters. The fraction of sp³-hybridized carbons (Fsp3) is 0.200. The van der Waals surface area contributed by atoms with E-state index in [9.17, 15) is 9.59 Å². The fourth-order valence-electron chi connectivity index (χ4n) is 2.64. The zero-order chi connectivity index (χ0) is 20.1. The maximum Gasteiger partial charge on any atom is 0.377 e. The van der Waals surface area contributed by atoms with E-state index in [0.29, 0.717) is 21.3 Å². The normalized spacial score (nSPS) is 10.6. The molecule has 146 valence electrons. The van der Waals surface area contributed by atoms with Crippen molar-refractivity contribution in [1.29, 1.82) is 0 Å². The van der Waals surface area contributed by atoms with Crippen molar-refractivity contribution in [3.05, 3.63) is 58.3 Å². The lowest BCUT2D eigenvalue weighted by atomic mass is 10.1. The number of esters is 2. The Morgan fingerprint density at radius 3 is 2.68 bits per heavy atom. The van der Waals surface area contributed by atoms with Crippen molar-refractivity contribution in [2.45, 2.75) is 13.3 Å². The minimum atomic E-state index is -0.668. The first kappa shape index (κ1) is 19.8. The highest BCUT2D eigenvalue weighted by atomic mass is 79.9. The zero-order valence-electron chi connectivity index (χ0n) is 15.1. The summed E-state index contributed by atoms with van der Waals surface area (Å²) >= 11 is 3.33. The van der Waals surface area contributed by atoms with Crippen molar-refractivity contribution in [1.82, 2.24) is 0 Å². The molecule has 7 nitrogen and oxygen atoms in total. The summed E-state index contributed by atoms with van der Waals surface area (Å²) in [5.41, 5.74) is 7.39. The molecule has 0 fully saturated rings. The molecule has 0 aliphatic carbocycles. The predicted octanol–water partition coefficient (Wildman–Crippen LogP) is 4.08. The molecule has 8 heteroatoms. The van der Waals surface area contributed by atoms with E-state index < -0.39 is 18.7 Å². The molecule has 28 heavy (non-hydrogen) atoms. The SMILES string of the molecule is CCOC(=O)Cc1cc(Br)cc(N)c1OCOC(=O)c1cc2ccccc2o1. The summed E-state index contributed by atoms with van der Waals surface area (Å²) in [7, 11) is 0. The molecule has 2 N–H and O–H groups in total. The largest absolute Gasteiger partial charge is 0.466 e. The third kappa shape index (κ3) is 4.64. The van der Waals surface area contributed by atoms with Crippen molar-refractivity contribution < 1.29 is 28.2 Å². The minimum Gasteiger partial charge on any atom is -0.466 e. The van der Waals surface area contributed by atoms with Gasteiger partial charge in [0.2, 0.25) is 12.6 Å². The van der Waals surface area contributed by atoms with Crippen LogP contribution in [0.3, 0.4) is 0 Å². The second-order valence-corrected chi connectivity index (χ2v) is 6.72. The minimum absolute atomic E-state index is 0.0235. The summed E-state index contributed by atoms with van der Waals surface area (Å²) < 4.78 is 21.8. The van der Waals surface area contributed by atoms with Gasteiger partial charge in [-0.05, 0) is 31.2 Å².